The van der Waals surface area contributed by atoms with E-state index >= 15 is 0 Å². The molecule has 7 heteroatoms. The topological polar surface area (TPSA) is 81.4 Å². The van der Waals surface area contributed by atoms with Crippen LogP contribution < -0.4 is 5.32 Å². The average Bonchev–Trinajstić information content (AvgIpc) is 2.82. The van der Waals surface area contributed by atoms with Crippen LogP contribution in [0.4, 0.5) is 0 Å². The number of hydrogen-bond acceptors (Lipinski definition) is 6. The molecule has 1 aromatic rings. The third kappa shape index (κ3) is 6.63. The molecule has 0 aliphatic rings. The van der Waals surface area contributed by atoms with Gasteiger partial charge in [-0.2, -0.15) is 0 Å². The average molecular weight is 272 g/mol. The Hall–Kier alpha value is -1.02. The maximum atomic E-state index is 9.83. The van der Waals surface area contributed by atoms with Crippen molar-refractivity contribution in [2.24, 2.45) is 0 Å². The summed E-state index contributed by atoms with van der Waals surface area (Å²) in [6, 6.07) is 0. The number of ether oxygens (including phenoxy) is 2. The highest BCUT2D eigenvalue weighted by Crippen LogP contribution is 1.98. The Morgan fingerprint density at radius 1 is 1.47 bits per heavy atom. The number of rotatable bonds is 10. The Bertz CT molecular complexity index is 345. The molecule has 0 aliphatic carbocycles. The van der Waals surface area contributed by atoms with Gasteiger partial charge in [-0.3, -0.25) is 0 Å². The molecule has 19 heavy (non-hydrogen) atoms. The summed E-state index contributed by atoms with van der Waals surface area (Å²) in [7, 11) is 1.62. The van der Waals surface area contributed by atoms with Crippen LogP contribution in [0.5, 0.6) is 0 Å². The maximum absolute atomic E-state index is 9.83. The predicted octanol–water partition coefficient (Wildman–Crippen LogP) is -0.200. The molecule has 1 aromatic heterocycles. The molecule has 7 nitrogen and oxygen atoms in total. The molecule has 0 spiro atoms. The fraction of sp³-hybridized carbons (Fsp3) is 0.833. The minimum Gasteiger partial charge on any atom is -0.389 e. The standard InChI is InChI=1S/C12H24N4O3/c1-4-13-5-11-6-16(15-14-11)7-12(17)9-19-10(2)8-18-3/h6,10,12-13,17H,4-5,7-9H2,1-3H3. The summed E-state index contributed by atoms with van der Waals surface area (Å²) >= 11 is 0. The lowest BCUT2D eigenvalue weighted by molar-refractivity contribution is -0.0365. The summed E-state index contributed by atoms with van der Waals surface area (Å²) in [5.74, 6) is 0. The van der Waals surface area contributed by atoms with Crippen molar-refractivity contribution in [1.29, 1.82) is 0 Å². The molecule has 0 radical (unpaired) electrons. The molecule has 0 aliphatic heterocycles. The number of aliphatic hydroxyl groups excluding tert-OH is 1. The van der Waals surface area contributed by atoms with Gasteiger partial charge in [0.2, 0.25) is 0 Å². The van der Waals surface area contributed by atoms with E-state index in [1.54, 1.807) is 11.8 Å². The molecule has 1 rings (SSSR count). The van der Waals surface area contributed by atoms with Gasteiger partial charge in [-0.15, -0.1) is 5.10 Å². The van der Waals surface area contributed by atoms with Crippen LogP contribution in [0.25, 0.3) is 0 Å². The van der Waals surface area contributed by atoms with Gasteiger partial charge >= 0.3 is 0 Å². The van der Waals surface area contributed by atoms with Gasteiger partial charge in [0.1, 0.15) is 0 Å². The highest BCUT2D eigenvalue weighted by molar-refractivity contribution is 4.91. The first-order valence-electron chi connectivity index (χ1n) is 6.54. The fourth-order valence-electron chi connectivity index (χ4n) is 1.59. The van der Waals surface area contributed by atoms with E-state index in [0.717, 1.165) is 12.2 Å². The molecule has 0 aromatic carbocycles. The third-order valence-electron chi connectivity index (χ3n) is 2.51. The molecule has 2 unspecified atom stereocenters. The largest absolute Gasteiger partial charge is 0.389 e. The van der Waals surface area contributed by atoms with E-state index in [9.17, 15) is 5.11 Å². The number of aromatic nitrogens is 3. The third-order valence-corrected chi connectivity index (χ3v) is 2.51. The second-order valence-corrected chi connectivity index (χ2v) is 4.47. The zero-order valence-electron chi connectivity index (χ0n) is 11.9. The Morgan fingerprint density at radius 3 is 2.95 bits per heavy atom. The summed E-state index contributed by atoms with van der Waals surface area (Å²) in [4.78, 5) is 0. The summed E-state index contributed by atoms with van der Waals surface area (Å²) in [6.07, 6.45) is 1.19. The Balaban J connectivity index is 2.27. The predicted molar refractivity (Wildman–Crippen MR) is 70.7 cm³/mol. The van der Waals surface area contributed by atoms with Crippen molar-refractivity contribution in [3.8, 4) is 0 Å². The minimum absolute atomic E-state index is 0.0280. The van der Waals surface area contributed by atoms with E-state index in [0.29, 0.717) is 19.7 Å². The van der Waals surface area contributed by atoms with Crippen molar-refractivity contribution >= 4 is 0 Å². The Kier molecular flexibility index (Phi) is 7.57. The molecule has 1 heterocycles. The first-order valence-corrected chi connectivity index (χ1v) is 6.54. The zero-order chi connectivity index (χ0) is 14.1. The highest BCUT2D eigenvalue weighted by Gasteiger charge is 2.10. The highest BCUT2D eigenvalue weighted by atomic mass is 16.5. The number of methoxy groups -OCH3 is 1. The van der Waals surface area contributed by atoms with Gasteiger partial charge in [0.05, 0.1) is 37.7 Å². The van der Waals surface area contributed by atoms with Crippen LogP contribution in [0.3, 0.4) is 0 Å². The smallest absolute Gasteiger partial charge is 0.0969 e. The molecule has 0 saturated carbocycles. The lowest BCUT2D eigenvalue weighted by Crippen LogP contribution is -2.26. The van der Waals surface area contributed by atoms with Gasteiger partial charge in [0.15, 0.2) is 0 Å². The fourth-order valence-corrected chi connectivity index (χ4v) is 1.59. The van der Waals surface area contributed by atoms with Crippen LogP contribution in [-0.2, 0) is 22.6 Å². The van der Waals surface area contributed by atoms with Gasteiger partial charge in [-0.1, -0.05) is 12.1 Å². The van der Waals surface area contributed by atoms with Crippen molar-refractivity contribution in [2.45, 2.75) is 39.1 Å². The molecule has 2 N–H and O–H groups in total. The van der Waals surface area contributed by atoms with E-state index in [1.807, 2.05) is 20.0 Å². The first-order chi connectivity index (χ1) is 9.15. The monoisotopic (exact) mass is 272 g/mol. The zero-order valence-corrected chi connectivity index (χ0v) is 11.9. The molecule has 2 atom stereocenters. The molecule has 0 fully saturated rings. The van der Waals surface area contributed by atoms with Crippen molar-refractivity contribution in [3.05, 3.63) is 11.9 Å². The number of hydrogen-bond donors (Lipinski definition) is 2. The van der Waals surface area contributed by atoms with Crippen LogP contribution in [-0.4, -0.2) is 59.2 Å². The van der Waals surface area contributed by atoms with Gasteiger partial charge in [0.25, 0.3) is 0 Å². The van der Waals surface area contributed by atoms with Crippen LogP contribution in [0.15, 0.2) is 6.20 Å². The van der Waals surface area contributed by atoms with Gasteiger partial charge in [-0.25, -0.2) is 4.68 Å². The second kappa shape index (κ2) is 8.98. The van der Waals surface area contributed by atoms with Gasteiger partial charge in [-0.05, 0) is 13.5 Å². The van der Waals surface area contributed by atoms with E-state index in [4.69, 9.17) is 9.47 Å². The SMILES string of the molecule is CCNCc1cn(CC(O)COC(C)COC)nn1. The van der Waals surface area contributed by atoms with E-state index < -0.39 is 6.10 Å². The molecule has 0 amide bonds. The normalized spacial score (nSPS) is 14.5. The first kappa shape index (κ1) is 16.0. The summed E-state index contributed by atoms with van der Waals surface area (Å²) in [6.45, 7) is 6.66. The summed E-state index contributed by atoms with van der Waals surface area (Å²) in [5, 5.41) is 21.0. The molecule has 110 valence electrons. The van der Waals surface area contributed by atoms with Crippen LogP contribution in [0, 0.1) is 0 Å². The molecular formula is C12H24N4O3. The lowest BCUT2D eigenvalue weighted by atomic mass is 10.3. The van der Waals surface area contributed by atoms with Gasteiger partial charge < -0.3 is 19.9 Å². The van der Waals surface area contributed by atoms with E-state index in [2.05, 4.69) is 15.6 Å². The molecule has 0 bridgehead atoms. The van der Waals surface area contributed by atoms with Crippen LogP contribution in [0.1, 0.15) is 19.5 Å². The summed E-state index contributed by atoms with van der Waals surface area (Å²) in [5.41, 5.74) is 0.864. The minimum atomic E-state index is -0.604. The van der Waals surface area contributed by atoms with Crippen LogP contribution >= 0.6 is 0 Å². The quantitative estimate of drug-likeness (QED) is 0.614. The lowest BCUT2D eigenvalue weighted by Gasteiger charge is -2.15. The van der Waals surface area contributed by atoms with Crippen LogP contribution in [0.2, 0.25) is 0 Å². The Labute approximate surface area is 113 Å². The number of nitrogens with zero attached hydrogens (tertiary/aromatic N) is 3. The Morgan fingerprint density at radius 2 is 2.26 bits per heavy atom. The van der Waals surface area contributed by atoms with Crippen molar-refractivity contribution < 1.29 is 14.6 Å². The van der Waals surface area contributed by atoms with Crippen molar-refractivity contribution in [2.75, 3.05) is 26.9 Å². The van der Waals surface area contributed by atoms with E-state index in [-0.39, 0.29) is 12.7 Å². The molecule has 0 saturated heterocycles. The van der Waals surface area contributed by atoms with Crippen molar-refractivity contribution in [1.82, 2.24) is 20.3 Å². The second-order valence-electron chi connectivity index (χ2n) is 4.47. The van der Waals surface area contributed by atoms with E-state index in [1.165, 1.54) is 0 Å². The number of nitrogens with one attached hydrogen (secondary N) is 1. The van der Waals surface area contributed by atoms with Gasteiger partial charge in [0, 0.05) is 19.9 Å². The summed E-state index contributed by atoms with van der Waals surface area (Å²) < 4.78 is 12.0. The maximum Gasteiger partial charge on any atom is 0.0969 e. The van der Waals surface area contributed by atoms with Crippen molar-refractivity contribution in [3.63, 3.8) is 0 Å². The number of aliphatic hydroxyl groups is 1. The molecular weight excluding hydrogens is 248 g/mol.